The van der Waals surface area contributed by atoms with Crippen LogP contribution in [0.25, 0.3) is 0 Å². The lowest BCUT2D eigenvalue weighted by atomic mass is 10.1. The van der Waals surface area contributed by atoms with Crippen LogP contribution in [0.2, 0.25) is 0 Å². The van der Waals surface area contributed by atoms with Crippen molar-refractivity contribution in [2.24, 2.45) is 0 Å². The minimum atomic E-state index is -3.44. The molecule has 2 aromatic rings. The third-order valence-corrected chi connectivity index (χ3v) is 6.57. The Labute approximate surface area is 159 Å². The minimum Gasteiger partial charge on any atom is -0.322 e. The van der Waals surface area contributed by atoms with Crippen LogP contribution in [0.4, 0.5) is 11.5 Å². The number of H-pyrrole nitrogens is 1. The molecule has 1 amide bonds. The molecule has 1 aliphatic heterocycles. The standard InChI is InChI=1S/C19H24N4O3S/c1-14-6-5-7-15(2)19(14)22-18(24)13-21-17-9-8-16(12-20-17)27(25,26)23-10-3-4-11-23/h5-9,12H,3-4,10-11,13H2,1-2H3,(H,20,21)(H,22,24)/p+1. The van der Waals surface area contributed by atoms with Crippen LogP contribution in [-0.2, 0) is 14.8 Å². The van der Waals surface area contributed by atoms with Crippen LogP contribution >= 0.6 is 0 Å². The number of pyridine rings is 1. The van der Waals surface area contributed by atoms with Gasteiger partial charge in [-0.2, -0.15) is 4.31 Å². The van der Waals surface area contributed by atoms with E-state index in [4.69, 9.17) is 0 Å². The van der Waals surface area contributed by atoms with Crippen molar-refractivity contribution in [2.75, 3.05) is 30.3 Å². The molecule has 1 aromatic heterocycles. The average molecular weight is 390 g/mol. The van der Waals surface area contributed by atoms with Gasteiger partial charge in [0.1, 0.15) is 11.1 Å². The maximum atomic E-state index is 12.5. The van der Waals surface area contributed by atoms with Gasteiger partial charge in [-0.3, -0.25) is 10.1 Å². The van der Waals surface area contributed by atoms with Gasteiger partial charge in [-0.25, -0.2) is 13.4 Å². The van der Waals surface area contributed by atoms with Crippen molar-refractivity contribution >= 4 is 27.4 Å². The molecule has 27 heavy (non-hydrogen) atoms. The summed E-state index contributed by atoms with van der Waals surface area (Å²) < 4.78 is 26.5. The van der Waals surface area contributed by atoms with E-state index in [1.54, 1.807) is 12.1 Å². The quantitative estimate of drug-likeness (QED) is 0.790. The second kappa shape index (κ2) is 8.06. The first-order chi connectivity index (χ1) is 12.9. The van der Waals surface area contributed by atoms with Crippen molar-refractivity contribution in [3.8, 4) is 0 Å². The van der Waals surface area contributed by atoms with E-state index < -0.39 is 10.0 Å². The van der Waals surface area contributed by atoms with E-state index in [9.17, 15) is 13.2 Å². The molecule has 144 valence electrons. The Balaban J connectivity index is 1.59. The number of rotatable bonds is 6. The molecule has 0 unspecified atom stereocenters. The van der Waals surface area contributed by atoms with E-state index in [1.165, 1.54) is 10.5 Å². The lowest BCUT2D eigenvalue weighted by Crippen LogP contribution is -2.29. The summed E-state index contributed by atoms with van der Waals surface area (Å²) in [6.07, 6.45) is 3.26. The number of aryl methyl sites for hydroxylation is 2. The van der Waals surface area contributed by atoms with E-state index in [-0.39, 0.29) is 17.3 Å². The fourth-order valence-corrected chi connectivity index (χ4v) is 4.61. The van der Waals surface area contributed by atoms with E-state index in [0.717, 1.165) is 29.7 Å². The third-order valence-electron chi connectivity index (χ3n) is 4.67. The van der Waals surface area contributed by atoms with Gasteiger partial charge in [0.25, 0.3) is 11.7 Å². The van der Waals surface area contributed by atoms with Crippen LogP contribution in [0.15, 0.2) is 41.4 Å². The zero-order valence-corrected chi connectivity index (χ0v) is 16.4. The lowest BCUT2D eigenvalue weighted by Gasteiger charge is -2.14. The second-order valence-corrected chi connectivity index (χ2v) is 8.66. The van der Waals surface area contributed by atoms with Crippen molar-refractivity contribution < 1.29 is 18.2 Å². The molecule has 0 bridgehead atoms. The number of carbonyl (C=O) groups is 1. The first kappa shape index (κ1) is 19.3. The zero-order chi connectivity index (χ0) is 19.4. The first-order valence-electron chi connectivity index (χ1n) is 9.00. The van der Waals surface area contributed by atoms with Crippen LogP contribution in [0.5, 0.6) is 0 Å². The smallest absolute Gasteiger partial charge is 0.272 e. The van der Waals surface area contributed by atoms with Gasteiger partial charge < -0.3 is 5.32 Å². The number of sulfonamides is 1. The third kappa shape index (κ3) is 4.45. The molecular weight excluding hydrogens is 364 g/mol. The molecule has 1 saturated heterocycles. The molecule has 7 nitrogen and oxygen atoms in total. The number of hydrogen-bond acceptors (Lipinski definition) is 4. The van der Waals surface area contributed by atoms with Gasteiger partial charge in [0.05, 0.1) is 0 Å². The van der Waals surface area contributed by atoms with E-state index in [0.29, 0.717) is 18.9 Å². The number of aromatic nitrogens is 1. The van der Waals surface area contributed by atoms with Crippen LogP contribution in [0, 0.1) is 13.8 Å². The largest absolute Gasteiger partial charge is 0.322 e. The highest BCUT2D eigenvalue weighted by atomic mass is 32.2. The minimum absolute atomic E-state index is 0.0719. The molecule has 2 heterocycles. The number of nitrogens with one attached hydrogen (secondary N) is 3. The number of carbonyl (C=O) groups excluding carboxylic acids is 1. The molecule has 8 heteroatoms. The predicted octanol–water partition coefficient (Wildman–Crippen LogP) is 1.95. The SMILES string of the molecule is Cc1cccc(C)c1NC(=O)CNc1ccc(S(=O)(=O)N2CCCC2)c[nH+]1. The zero-order valence-electron chi connectivity index (χ0n) is 15.6. The Morgan fingerprint density at radius 3 is 2.37 bits per heavy atom. The van der Waals surface area contributed by atoms with Gasteiger partial charge in [0.2, 0.25) is 10.0 Å². The number of nitrogens with zero attached hydrogens (tertiary/aromatic N) is 1. The van der Waals surface area contributed by atoms with Gasteiger partial charge in [-0.1, -0.05) is 18.2 Å². The Morgan fingerprint density at radius 1 is 1.11 bits per heavy atom. The van der Waals surface area contributed by atoms with Gasteiger partial charge in [-0.05, 0) is 43.9 Å². The van der Waals surface area contributed by atoms with Crippen molar-refractivity contribution in [3.63, 3.8) is 0 Å². The van der Waals surface area contributed by atoms with Gasteiger partial charge >= 0.3 is 0 Å². The Morgan fingerprint density at radius 2 is 1.78 bits per heavy atom. The van der Waals surface area contributed by atoms with Crippen molar-refractivity contribution in [1.29, 1.82) is 0 Å². The molecular formula is C19H25N4O3S+. The average Bonchev–Trinajstić information content (AvgIpc) is 3.19. The molecule has 1 fully saturated rings. The van der Waals surface area contributed by atoms with Crippen LogP contribution in [0.1, 0.15) is 24.0 Å². The van der Waals surface area contributed by atoms with Crippen LogP contribution in [0.3, 0.4) is 0 Å². The number of anilines is 2. The summed E-state index contributed by atoms with van der Waals surface area (Å²) >= 11 is 0. The highest BCUT2D eigenvalue weighted by Crippen LogP contribution is 2.20. The van der Waals surface area contributed by atoms with Crippen molar-refractivity contribution in [3.05, 3.63) is 47.7 Å². The molecule has 0 atom stereocenters. The monoisotopic (exact) mass is 389 g/mol. The van der Waals surface area contributed by atoms with Crippen molar-refractivity contribution in [1.82, 2.24) is 4.31 Å². The number of hydrogen-bond donors (Lipinski definition) is 2. The maximum Gasteiger partial charge on any atom is 0.272 e. The van der Waals surface area contributed by atoms with Crippen LogP contribution in [-0.4, -0.2) is 38.3 Å². The fraction of sp³-hybridized carbons (Fsp3) is 0.368. The second-order valence-electron chi connectivity index (χ2n) is 6.72. The number of benzene rings is 1. The Kier molecular flexibility index (Phi) is 5.76. The summed E-state index contributed by atoms with van der Waals surface area (Å²) in [5, 5.41) is 5.88. The fourth-order valence-electron chi connectivity index (χ4n) is 3.13. The molecule has 0 saturated carbocycles. The topological polar surface area (TPSA) is 92.7 Å². The molecule has 0 radical (unpaired) electrons. The number of amides is 1. The summed E-state index contributed by atoms with van der Waals surface area (Å²) in [5.74, 6) is 0.404. The number of para-hydroxylation sites is 1. The predicted molar refractivity (Wildman–Crippen MR) is 104 cm³/mol. The maximum absolute atomic E-state index is 12.5. The summed E-state index contributed by atoms with van der Waals surface area (Å²) in [6.45, 7) is 5.11. The molecule has 3 N–H and O–H groups in total. The number of aromatic amines is 1. The van der Waals surface area contributed by atoms with E-state index in [2.05, 4.69) is 15.6 Å². The summed E-state index contributed by atoms with van der Waals surface area (Å²) in [6, 6.07) is 9.03. The lowest BCUT2D eigenvalue weighted by molar-refractivity contribution is -0.364. The van der Waals surface area contributed by atoms with Crippen LogP contribution < -0.4 is 15.6 Å². The first-order valence-corrected chi connectivity index (χ1v) is 10.4. The highest BCUT2D eigenvalue weighted by molar-refractivity contribution is 7.89. The summed E-state index contributed by atoms with van der Waals surface area (Å²) in [4.78, 5) is 15.3. The normalized spacial score (nSPS) is 14.9. The van der Waals surface area contributed by atoms with E-state index in [1.807, 2.05) is 32.0 Å². The van der Waals surface area contributed by atoms with E-state index >= 15 is 0 Å². The summed E-state index contributed by atoms with van der Waals surface area (Å²) in [7, 11) is -3.44. The molecule has 0 aliphatic carbocycles. The van der Waals surface area contributed by atoms with Gasteiger partial charge in [-0.15, -0.1) is 0 Å². The molecule has 1 aromatic carbocycles. The molecule has 3 rings (SSSR count). The van der Waals surface area contributed by atoms with Crippen molar-refractivity contribution in [2.45, 2.75) is 31.6 Å². The summed E-state index contributed by atoms with van der Waals surface area (Å²) in [5.41, 5.74) is 2.83. The molecule has 0 spiro atoms. The Hall–Kier alpha value is -2.45. The molecule has 1 aliphatic rings. The Bertz CT molecular complexity index is 900. The van der Waals surface area contributed by atoms with Gasteiger partial charge in [0.15, 0.2) is 6.54 Å². The highest BCUT2D eigenvalue weighted by Gasteiger charge is 2.28. The van der Waals surface area contributed by atoms with Gasteiger partial charge in [0, 0.05) is 24.8 Å².